The van der Waals surface area contributed by atoms with Gasteiger partial charge in [0, 0.05) is 0 Å². The second-order valence-corrected chi connectivity index (χ2v) is 6.40. The summed E-state index contributed by atoms with van der Waals surface area (Å²) in [5.74, 6) is 0.253. The smallest absolute Gasteiger partial charge is 0.271 e. The number of hydrogen-bond donors (Lipinski definition) is 1. The summed E-state index contributed by atoms with van der Waals surface area (Å²) < 4.78 is 5.78. The quantitative estimate of drug-likeness (QED) is 0.609. The lowest BCUT2D eigenvalue weighted by Crippen LogP contribution is -2.17. The highest BCUT2D eigenvalue weighted by molar-refractivity contribution is 7.07. The number of imidazole rings is 1. The van der Waals surface area contributed by atoms with Gasteiger partial charge in [0.05, 0.1) is 23.3 Å². The van der Waals surface area contributed by atoms with Crippen LogP contribution in [0, 0.1) is 0 Å². The second-order valence-electron chi connectivity index (χ2n) is 5.62. The fourth-order valence-corrected chi connectivity index (χ4v) is 3.25. The Hall–Kier alpha value is -3.06. The molecule has 0 bridgehead atoms. The summed E-state index contributed by atoms with van der Waals surface area (Å²) in [5, 5.41) is 6.61. The number of carbonyl (C=O) groups excluding carboxylic acids is 1. The van der Waals surface area contributed by atoms with Crippen LogP contribution in [0.4, 0.5) is 5.95 Å². The molecule has 7 heteroatoms. The molecule has 0 saturated carbocycles. The van der Waals surface area contributed by atoms with Gasteiger partial charge in [-0.05, 0) is 36.2 Å². The maximum atomic E-state index is 12.4. The number of anilines is 1. The molecule has 0 aliphatic carbocycles. The molecule has 0 aliphatic heterocycles. The van der Waals surface area contributed by atoms with Crippen LogP contribution in [0.5, 0.6) is 0 Å². The Bertz CT molecular complexity index is 1010. The third kappa shape index (κ3) is 2.89. The molecule has 0 aliphatic rings. The first kappa shape index (κ1) is 15.5. The minimum atomic E-state index is -0.258. The van der Waals surface area contributed by atoms with Crippen molar-refractivity contribution in [2.75, 3.05) is 5.32 Å². The van der Waals surface area contributed by atoms with Crippen molar-refractivity contribution in [1.29, 1.82) is 0 Å². The van der Waals surface area contributed by atoms with Gasteiger partial charge in [0.2, 0.25) is 5.95 Å². The number of nitrogens with one attached hydrogen (secondary N) is 1. The van der Waals surface area contributed by atoms with Crippen LogP contribution in [-0.2, 0) is 0 Å². The van der Waals surface area contributed by atoms with Gasteiger partial charge in [0.1, 0.15) is 4.88 Å². The fourth-order valence-electron chi connectivity index (χ4n) is 2.84. The summed E-state index contributed by atoms with van der Waals surface area (Å²) >= 11 is 1.06. The zero-order valence-corrected chi connectivity index (χ0v) is 14.3. The number of carbonyl (C=O) groups is 1. The SMILES string of the molecule is CC(c1ccccc1)n1c(NC(=O)c2cnns2)nc2ccccc21. The molecule has 0 fully saturated rings. The van der Waals surface area contributed by atoms with Crippen molar-refractivity contribution in [1.82, 2.24) is 19.1 Å². The van der Waals surface area contributed by atoms with E-state index in [1.165, 1.54) is 6.20 Å². The molecule has 4 aromatic rings. The number of fused-ring (bicyclic) bond motifs is 1. The van der Waals surface area contributed by atoms with Crippen LogP contribution in [0.25, 0.3) is 11.0 Å². The monoisotopic (exact) mass is 349 g/mol. The van der Waals surface area contributed by atoms with E-state index in [9.17, 15) is 4.79 Å². The molecular weight excluding hydrogens is 334 g/mol. The predicted octanol–water partition coefficient (Wildman–Crippen LogP) is 3.75. The zero-order valence-electron chi connectivity index (χ0n) is 13.5. The first-order valence-electron chi connectivity index (χ1n) is 7.84. The Labute approximate surface area is 148 Å². The minimum Gasteiger partial charge on any atom is -0.303 e. The number of rotatable bonds is 4. The molecule has 0 spiro atoms. The van der Waals surface area contributed by atoms with Crippen molar-refractivity contribution in [2.24, 2.45) is 0 Å². The van der Waals surface area contributed by atoms with Gasteiger partial charge in [-0.25, -0.2) is 4.98 Å². The van der Waals surface area contributed by atoms with Gasteiger partial charge < -0.3 is 4.57 Å². The molecule has 1 N–H and O–H groups in total. The van der Waals surface area contributed by atoms with E-state index in [2.05, 4.69) is 38.9 Å². The largest absolute Gasteiger partial charge is 0.303 e. The highest BCUT2D eigenvalue weighted by atomic mass is 32.1. The van der Waals surface area contributed by atoms with Crippen molar-refractivity contribution in [3.63, 3.8) is 0 Å². The number of amides is 1. The highest BCUT2D eigenvalue weighted by Gasteiger charge is 2.20. The van der Waals surface area contributed by atoms with E-state index >= 15 is 0 Å². The molecule has 6 nitrogen and oxygen atoms in total. The minimum absolute atomic E-state index is 0.0171. The Balaban J connectivity index is 1.80. The first-order chi connectivity index (χ1) is 12.2. The Kier molecular flexibility index (Phi) is 3.99. The van der Waals surface area contributed by atoms with E-state index in [0.29, 0.717) is 10.8 Å². The fraction of sp³-hybridized carbons (Fsp3) is 0.111. The van der Waals surface area contributed by atoms with Gasteiger partial charge in [-0.1, -0.05) is 47.0 Å². The molecule has 0 saturated heterocycles. The summed E-state index contributed by atoms with van der Waals surface area (Å²) in [6.45, 7) is 2.09. The lowest BCUT2D eigenvalue weighted by molar-refractivity contribution is 0.102. The van der Waals surface area contributed by atoms with Gasteiger partial charge in [-0.2, -0.15) is 0 Å². The standard InChI is InChI=1S/C18H15N5OS/c1-12(13-7-3-2-4-8-13)23-15-10-6-5-9-14(15)20-18(23)21-17(24)16-11-19-22-25-16/h2-12H,1H3,(H,20,21,24). The van der Waals surface area contributed by atoms with Crippen LogP contribution >= 0.6 is 11.5 Å². The third-order valence-electron chi connectivity index (χ3n) is 4.08. The van der Waals surface area contributed by atoms with Crippen LogP contribution in [0.2, 0.25) is 0 Å². The van der Waals surface area contributed by atoms with Crippen molar-refractivity contribution >= 4 is 34.4 Å². The lowest BCUT2D eigenvalue weighted by Gasteiger charge is -2.18. The van der Waals surface area contributed by atoms with Crippen LogP contribution < -0.4 is 5.32 Å². The number of benzene rings is 2. The van der Waals surface area contributed by atoms with Crippen LogP contribution in [0.15, 0.2) is 60.8 Å². The normalized spacial score (nSPS) is 12.2. The summed E-state index contributed by atoms with van der Waals surface area (Å²) in [5.41, 5.74) is 2.94. The predicted molar refractivity (Wildman–Crippen MR) is 97.9 cm³/mol. The molecule has 1 amide bonds. The number of hydrogen-bond acceptors (Lipinski definition) is 5. The first-order valence-corrected chi connectivity index (χ1v) is 8.62. The van der Waals surface area contributed by atoms with Crippen LogP contribution in [0.3, 0.4) is 0 Å². The summed E-state index contributed by atoms with van der Waals surface area (Å²) in [7, 11) is 0. The molecule has 1 unspecified atom stereocenters. The number of nitrogens with zero attached hydrogens (tertiary/aromatic N) is 4. The van der Waals surface area contributed by atoms with Gasteiger partial charge in [-0.15, -0.1) is 5.10 Å². The average Bonchev–Trinajstić information content (AvgIpc) is 3.29. The van der Waals surface area contributed by atoms with E-state index in [1.807, 2.05) is 47.0 Å². The van der Waals surface area contributed by atoms with Crippen molar-refractivity contribution in [3.05, 3.63) is 71.2 Å². The molecule has 4 rings (SSSR count). The van der Waals surface area contributed by atoms with Crippen molar-refractivity contribution in [2.45, 2.75) is 13.0 Å². The lowest BCUT2D eigenvalue weighted by atomic mass is 10.1. The summed E-state index contributed by atoms with van der Waals surface area (Å²) in [6.07, 6.45) is 1.45. The van der Waals surface area contributed by atoms with Gasteiger partial charge in [0.25, 0.3) is 5.91 Å². The van der Waals surface area contributed by atoms with E-state index in [0.717, 1.165) is 28.1 Å². The van der Waals surface area contributed by atoms with Gasteiger partial charge in [-0.3, -0.25) is 10.1 Å². The Morgan fingerprint density at radius 1 is 1.12 bits per heavy atom. The highest BCUT2D eigenvalue weighted by Crippen LogP contribution is 2.28. The topological polar surface area (TPSA) is 72.7 Å². The average molecular weight is 349 g/mol. The van der Waals surface area contributed by atoms with Gasteiger partial charge in [0.15, 0.2) is 0 Å². The van der Waals surface area contributed by atoms with Crippen molar-refractivity contribution < 1.29 is 4.79 Å². The Morgan fingerprint density at radius 2 is 1.88 bits per heavy atom. The molecule has 1 atom stereocenters. The van der Waals surface area contributed by atoms with E-state index in [-0.39, 0.29) is 11.9 Å². The summed E-state index contributed by atoms with van der Waals surface area (Å²) in [4.78, 5) is 17.5. The Morgan fingerprint density at radius 3 is 2.64 bits per heavy atom. The van der Waals surface area contributed by atoms with E-state index in [4.69, 9.17) is 0 Å². The van der Waals surface area contributed by atoms with Crippen LogP contribution in [0.1, 0.15) is 28.2 Å². The van der Waals surface area contributed by atoms with Gasteiger partial charge >= 0.3 is 0 Å². The number of aromatic nitrogens is 4. The second kappa shape index (κ2) is 6.45. The maximum Gasteiger partial charge on any atom is 0.271 e. The van der Waals surface area contributed by atoms with E-state index < -0.39 is 0 Å². The van der Waals surface area contributed by atoms with Crippen molar-refractivity contribution in [3.8, 4) is 0 Å². The maximum absolute atomic E-state index is 12.4. The van der Waals surface area contributed by atoms with Crippen LogP contribution in [-0.4, -0.2) is 25.0 Å². The van der Waals surface area contributed by atoms with E-state index in [1.54, 1.807) is 0 Å². The molecule has 0 radical (unpaired) electrons. The molecule has 2 heterocycles. The molecule has 124 valence electrons. The molecule has 25 heavy (non-hydrogen) atoms. The summed E-state index contributed by atoms with van der Waals surface area (Å²) in [6, 6.07) is 18.0. The third-order valence-corrected chi connectivity index (χ3v) is 4.74. The molecule has 2 aromatic heterocycles. The number of para-hydroxylation sites is 2. The molecular formula is C18H15N5OS. The molecule has 2 aromatic carbocycles. The zero-order chi connectivity index (χ0) is 17.2.